The van der Waals surface area contributed by atoms with E-state index in [1.54, 1.807) is 11.0 Å². The lowest BCUT2D eigenvalue weighted by molar-refractivity contribution is -0.137. The van der Waals surface area contributed by atoms with E-state index in [9.17, 15) is 9.59 Å². The summed E-state index contributed by atoms with van der Waals surface area (Å²) < 4.78 is 9.90. The minimum absolute atomic E-state index is 0.0674. The van der Waals surface area contributed by atoms with Gasteiger partial charge in [-0.05, 0) is 13.3 Å². The van der Waals surface area contributed by atoms with E-state index in [1.165, 1.54) is 7.11 Å². The second-order valence-electron chi connectivity index (χ2n) is 4.64. The highest BCUT2D eigenvalue weighted by Crippen LogP contribution is 2.03. The molecule has 0 aromatic carbocycles. The fourth-order valence-electron chi connectivity index (χ4n) is 2.01. The summed E-state index contributed by atoms with van der Waals surface area (Å²) in [5, 5.41) is 3.11. The SMILES string of the molecule is CCC(=CCNC(C)C(=O)N1CCOCC1)C(=O)OC. The molecular formula is C14H24N2O4. The highest BCUT2D eigenvalue weighted by molar-refractivity contribution is 5.88. The average molecular weight is 284 g/mol. The fourth-order valence-corrected chi connectivity index (χ4v) is 2.01. The van der Waals surface area contributed by atoms with Crippen molar-refractivity contribution in [1.82, 2.24) is 10.2 Å². The Balaban J connectivity index is 2.41. The summed E-state index contributed by atoms with van der Waals surface area (Å²) in [6, 6.07) is -0.278. The lowest BCUT2D eigenvalue weighted by Crippen LogP contribution is -2.49. The zero-order valence-corrected chi connectivity index (χ0v) is 12.5. The van der Waals surface area contributed by atoms with Gasteiger partial charge < -0.3 is 19.7 Å². The molecule has 0 aliphatic carbocycles. The van der Waals surface area contributed by atoms with Crippen molar-refractivity contribution in [2.45, 2.75) is 26.3 Å². The number of hydrogen-bond acceptors (Lipinski definition) is 5. The van der Waals surface area contributed by atoms with Crippen molar-refractivity contribution in [3.05, 3.63) is 11.6 Å². The topological polar surface area (TPSA) is 67.9 Å². The summed E-state index contributed by atoms with van der Waals surface area (Å²) >= 11 is 0. The molecule has 6 heteroatoms. The summed E-state index contributed by atoms with van der Waals surface area (Å²) in [5.74, 6) is -0.251. The Morgan fingerprint density at radius 3 is 2.60 bits per heavy atom. The molecule has 1 aliphatic rings. The molecule has 0 bridgehead atoms. The maximum absolute atomic E-state index is 12.1. The third-order valence-electron chi connectivity index (χ3n) is 3.29. The van der Waals surface area contributed by atoms with Crippen molar-refractivity contribution in [2.75, 3.05) is 40.0 Å². The van der Waals surface area contributed by atoms with Gasteiger partial charge in [0.05, 0.1) is 26.4 Å². The second kappa shape index (κ2) is 8.71. The van der Waals surface area contributed by atoms with E-state index < -0.39 is 0 Å². The van der Waals surface area contributed by atoms with Gasteiger partial charge in [0.2, 0.25) is 5.91 Å². The van der Waals surface area contributed by atoms with Gasteiger partial charge in [-0.2, -0.15) is 0 Å². The van der Waals surface area contributed by atoms with Crippen LogP contribution in [0.15, 0.2) is 11.6 Å². The number of nitrogens with zero attached hydrogens (tertiary/aromatic N) is 1. The molecule has 0 aromatic heterocycles. The first-order valence-corrected chi connectivity index (χ1v) is 6.97. The van der Waals surface area contributed by atoms with Crippen molar-refractivity contribution < 1.29 is 19.1 Å². The van der Waals surface area contributed by atoms with Crippen LogP contribution in [0.1, 0.15) is 20.3 Å². The number of hydrogen-bond donors (Lipinski definition) is 1. The average Bonchev–Trinajstić information content (AvgIpc) is 2.50. The minimum Gasteiger partial charge on any atom is -0.466 e. The number of nitrogens with one attached hydrogen (secondary N) is 1. The van der Waals surface area contributed by atoms with Crippen LogP contribution in [0.25, 0.3) is 0 Å². The van der Waals surface area contributed by atoms with Gasteiger partial charge in [0.15, 0.2) is 0 Å². The summed E-state index contributed by atoms with van der Waals surface area (Å²) in [6.45, 7) is 6.67. The van der Waals surface area contributed by atoms with Crippen molar-refractivity contribution in [2.24, 2.45) is 0 Å². The van der Waals surface area contributed by atoms with E-state index >= 15 is 0 Å². The predicted octanol–water partition coefficient (Wildman–Crippen LogP) is 0.333. The van der Waals surface area contributed by atoms with Gasteiger partial charge in [-0.1, -0.05) is 13.0 Å². The Morgan fingerprint density at radius 1 is 1.40 bits per heavy atom. The molecule has 0 spiro atoms. The molecule has 1 N–H and O–H groups in total. The van der Waals surface area contributed by atoms with E-state index in [4.69, 9.17) is 4.74 Å². The molecule has 1 saturated heterocycles. The third-order valence-corrected chi connectivity index (χ3v) is 3.29. The highest BCUT2D eigenvalue weighted by Gasteiger charge is 2.21. The Morgan fingerprint density at radius 2 is 2.05 bits per heavy atom. The number of methoxy groups -OCH3 is 1. The smallest absolute Gasteiger partial charge is 0.333 e. The number of rotatable bonds is 6. The van der Waals surface area contributed by atoms with Crippen LogP contribution in [-0.4, -0.2) is 62.8 Å². The second-order valence-corrected chi connectivity index (χ2v) is 4.64. The predicted molar refractivity (Wildman–Crippen MR) is 75.3 cm³/mol. The molecule has 1 fully saturated rings. The van der Waals surface area contributed by atoms with Crippen LogP contribution in [0.2, 0.25) is 0 Å². The van der Waals surface area contributed by atoms with Crippen molar-refractivity contribution >= 4 is 11.9 Å². The minimum atomic E-state index is -0.318. The van der Waals surface area contributed by atoms with Crippen LogP contribution in [0.5, 0.6) is 0 Å². The van der Waals surface area contributed by atoms with E-state index in [0.29, 0.717) is 44.8 Å². The molecule has 0 aromatic rings. The van der Waals surface area contributed by atoms with Gasteiger partial charge in [0.1, 0.15) is 0 Å². The first-order valence-electron chi connectivity index (χ1n) is 6.97. The van der Waals surface area contributed by atoms with Crippen molar-refractivity contribution in [3.63, 3.8) is 0 Å². The van der Waals surface area contributed by atoms with Crippen LogP contribution in [-0.2, 0) is 19.1 Å². The Bertz CT molecular complexity index is 362. The van der Waals surface area contributed by atoms with Gasteiger partial charge in [0, 0.05) is 25.2 Å². The lowest BCUT2D eigenvalue weighted by Gasteiger charge is -2.29. The molecular weight excluding hydrogens is 260 g/mol. The number of esters is 1. The first kappa shape index (κ1) is 16.7. The first-order chi connectivity index (χ1) is 9.60. The zero-order valence-electron chi connectivity index (χ0n) is 12.5. The fraction of sp³-hybridized carbons (Fsp3) is 0.714. The summed E-state index contributed by atoms with van der Waals surface area (Å²) in [6.07, 6.45) is 2.38. The van der Waals surface area contributed by atoms with Crippen LogP contribution < -0.4 is 5.32 Å². The third kappa shape index (κ3) is 4.94. The number of carbonyl (C=O) groups excluding carboxylic acids is 2. The molecule has 0 radical (unpaired) electrons. The van der Waals surface area contributed by atoms with Gasteiger partial charge in [-0.15, -0.1) is 0 Å². The van der Waals surface area contributed by atoms with Crippen LogP contribution in [0, 0.1) is 0 Å². The molecule has 114 valence electrons. The molecule has 0 saturated carbocycles. The monoisotopic (exact) mass is 284 g/mol. The van der Waals surface area contributed by atoms with Gasteiger partial charge >= 0.3 is 5.97 Å². The molecule has 6 nitrogen and oxygen atoms in total. The van der Waals surface area contributed by atoms with E-state index in [0.717, 1.165) is 0 Å². The zero-order chi connectivity index (χ0) is 15.0. The van der Waals surface area contributed by atoms with Crippen molar-refractivity contribution in [1.29, 1.82) is 0 Å². The van der Waals surface area contributed by atoms with E-state index in [1.807, 2.05) is 13.8 Å². The molecule has 1 unspecified atom stereocenters. The molecule has 1 heterocycles. The summed E-state index contributed by atoms with van der Waals surface area (Å²) in [4.78, 5) is 25.3. The quantitative estimate of drug-likeness (QED) is 0.562. The van der Waals surface area contributed by atoms with Gasteiger partial charge in [-0.25, -0.2) is 4.79 Å². The Kier molecular flexibility index (Phi) is 7.25. The van der Waals surface area contributed by atoms with Gasteiger partial charge in [-0.3, -0.25) is 4.79 Å². The highest BCUT2D eigenvalue weighted by atomic mass is 16.5. The Hall–Kier alpha value is -1.40. The van der Waals surface area contributed by atoms with E-state index in [-0.39, 0.29) is 17.9 Å². The van der Waals surface area contributed by atoms with Crippen molar-refractivity contribution in [3.8, 4) is 0 Å². The maximum Gasteiger partial charge on any atom is 0.333 e. The lowest BCUT2D eigenvalue weighted by atomic mass is 10.2. The number of morpholine rings is 1. The summed E-state index contributed by atoms with van der Waals surface area (Å²) in [7, 11) is 1.36. The Labute approximate surface area is 120 Å². The normalized spacial score (nSPS) is 17.8. The number of ether oxygens (including phenoxy) is 2. The maximum atomic E-state index is 12.1. The molecule has 20 heavy (non-hydrogen) atoms. The van der Waals surface area contributed by atoms with Gasteiger partial charge in [0.25, 0.3) is 0 Å². The van der Waals surface area contributed by atoms with Crippen LogP contribution in [0.4, 0.5) is 0 Å². The number of carbonyl (C=O) groups is 2. The van der Waals surface area contributed by atoms with Crippen LogP contribution in [0.3, 0.4) is 0 Å². The summed E-state index contributed by atoms with van der Waals surface area (Å²) in [5.41, 5.74) is 0.617. The molecule has 1 amide bonds. The van der Waals surface area contributed by atoms with E-state index in [2.05, 4.69) is 10.1 Å². The molecule has 1 atom stereocenters. The molecule has 1 aliphatic heterocycles. The number of amides is 1. The largest absolute Gasteiger partial charge is 0.466 e. The standard InChI is InChI=1S/C14H24N2O4/c1-4-12(14(18)19-3)5-6-15-11(2)13(17)16-7-9-20-10-8-16/h5,11,15H,4,6-10H2,1-3H3. The van der Waals surface area contributed by atoms with Crippen LogP contribution >= 0.6 is 0 Å². The molecule has 1 rings (SSSR count).